The molecule has 128 valence electrons. The van der Waals surface area contributed by atoms with E-state index in [-0.39, 0.29) is 0 Å². The predicted molar refractivity (Wildman–Crippen MR) is 98.0 cm³/mol. The van der Waals surface area contributed by atoms with E-state index in [2.05, 4.69) is 23.2 Å². The Hall–Kier alpha value is -2.36. The molecular weight excluding hydrogens is 300 g/mol. The summed E-state index contributed by atoms with van der Waals surface area (Å²) >= 11 is 0. The van der Waals surface area contributed by atoms with Gasteiger partial charge in [-0.15, -0.1) is 0 Å². The van der Waals surface area contributed by atoms with E-state index < -0.39 is 0 Å². The Bertz CT molecular complexity index is 651. The molecule has 0 spiro atoms. The average Bonchev–Trinajstić information content (AvgIpc) is 2.64. The topological polar surface area (TPSA) is 43.2 Å². The second kappa shape index (κ2) is 9.71. The lowest BCUT2D eigenvalue weighted by molar-refractivity contribution is 0.414. The quantitative estimate of drug-likeness (QED) is 0.404. The van der Waals surface area contributed by atoms with Crippen LogP contribution in [0.2, 0.25) is 0 Å². The van der Waals surface area contributed by atoms with E-state index in [1.165, 1.54) is 24.8 Å². The third-order valence-electron chi connectivity index (χ3n) is 3.93. The van der Waals surface area contributed by atoms with Crippen LogP contribution in [0.5, 0.6) is 11.5 Å². The number of methoxy groups -OCH3 is 2. The second-order valence-corrected chi connectivity index (χ2v) is 5.70. The zero-order valence-corrected chi connectivity index (χ0v) is 14.8. The number of ether oxygens (including phenoxy) is 2. The molecule has 0 aliphatic rings. The van der Waals surface area contributed by atoms with Crippen molar-refractivity contribution in [1.82, 2.24) is 0 Å². The van der Waals surface area contributed by atoms with Gasteiger partial charge in [-0.2, -0.15) is 10.2 Å². The van der Waals surface area contributed by atoms with Crippen LogP contribution in [0, 0.1) is 0 Å². The van der Waals surface area contributed by atoms with E-state index in [1.807, 2.05) is 36.4 Å². The smallest absolute Gasteiger partial charge is 0.119 e. The van der Waals surface area contributed by atoms with Crippen molar-refractivity contribution in [2.24, 2.45) is 10.2 Å². The largest absolute Gasteiger partial charge is 0.497 e. The first-order chi connectivity index (χ1) is 11.8. The molecule has 0 saturated heterocycles. The van der Waals surface area contributed by atoms with E-state index in [1.54, 1.807) is 14.2 Å². The van der Waals surface area contributed by atoms with Gasteiger partial charge in [0.15, 0.2) is 0 Å². The molecule has 4 heteroatoms. The van der Waals surface area contributed by atoms with Gasteiger partial charge in [-0.1, -0.05) is 26.2 Å². The summed E-state index contributed by atoms with van der Waals surface area (Å²) < 4.78 is 10.5. The molecule has 2 aromatic rings. The van der Waals surface area contributed by atoms with Crippen molar-refractivity contribution in [1.29, 1.82) is 0 Å². The van der Waals surface area contributed by atoms with E-state index in [9.17, 15) is 0 Å². The van der Waals surface area contributed by atoms with E-state index in [4.69, 9.17) is 9.47 Å². The summed E-state index contributed by atoms with van der Waals surface area (Å²) in [6.07, 6.45) is 5.90. The lowest BCUT2D eigenvalue weighted by Gasteiger charge is -2.08. The van der Waals surface area contributed by atoms with Gasteiger partial charge >= 0.3 is 0 Å². The van der Waals surface area contributed by atoms with Crippen molar-refractivity contribution in [3.63, 3.8) is 0 Å². The van der Waals surface area contributed by atoms with Crippen LogP contribution >= 0.6 is 0 Å². The van der Waals surface area contributed by atoms with Crippen LogP contribution in [0.4, 0.5) is 11.4 Å². The van der Waals surface area contributed by atoms with Crippen molar-refractivity contribution >= 4 is 11.4 Å². The molecule has 0 atom stereocenters. The molecular formula is C20H26N2O2. The summed E-state index contributed by atoms with van der Waals surface area (Å²) in [5.41, 5.74) is 2.90. The lowest BCUT2D eigenvalue weighted by Crippen LogP contribution is -1.90. The Morgan fingerprint density at radius 1 is 0.792 bits per heavy atom. The number of aryl methyl sites for hydroxylation is 1. The van der Waals surface area contributed by atoms with Gasteiger partial charge in [0.25, 0.3) is 0 Å². The molecule has 0 fully saturated rings. The minimum absolute atomic E-state index is 0.809. The van der Waals surface area contributed by atoms with E-state index in [0.717, 1.165) is 35.7 Å². The Kier molecular flexibility index (Phi) is 7.27. The number of hydrogen-bond acceptors (Lipinski definition) is 4. The summed E-state index contributed by atoms with van der Waals surface area (Å²) in [6.45, 7) is 2.22. The van der Waals surface area contributed by atoms with Gasteiger partial charge in [-0.25, -0.2) is 0 Å². The highest BCUT2D eigenvalue weighted by Gasteiger charge is 2.04. The minimum atomic E-state index is 0.809. The zero-order valence-electron chi connectivity index (χ0n) is 14.8. The number of benzene rings is 2. The monoisotopic (exact) mass is 326 g/mol. The van der Waals surface area contributed by atoms with Crippen LogP contribution < -0.4 is 9.47 Å². The fourth-order valence-electron chi connectivity index (χ4n) is 2.49. The van der Waals surface area contributed by atoms with Gasteiger partial charge < -0.3 is 9.47 Å². The number of nitrogens with zero attached hydrogens (tertiary/aromatic N) is 2. The van der Waals surface area contributed by atoms with E-state index in [0.29, 0.717) is 0 Å². The standard InChI is InChI=1S/C20H26N2O2/c1-4-5-6-7-8-16-15-19(24-3)13-14-20(16)22-21-17-9-11-18(23-2)12-10-17/h9-15H,4-8H2,1-3H3. The number of unbranched alkanes of at least 4 members (excludes halogenated alkanes) is 3. The highest BCUT2D eigenvalue weighted by Crippen LogP contribution is 2.28. The molecule has 0 heterocycles. The Morgan fingerprint density at radius 3 is 2.17 bits per heavy atom. The third kappa shape index (κ3) is 5.37. The van der Waals surface area contributed by atoms with Gasteiger partial charge in [0, 0.05) is 0 Å². The van der Waals surface area contributed by atoms with Crippen LogP contribution in [0.3, 0.4) is 0 Å². The summed E-state index contributed by atoms with van der Waals surface area (Å²) in [7, 11) is 3.34. The Morgan fingerprint density at radius 2 is 1.50 bits per heavy atom. The van der Waals surface area contributed by atoms with Crippen LogP contribution in [0.15, 0.2) is 52.7 Å². The highest BCUT2D eigenvalue weighted by molar-refractivity contribution is 5.50. The fourth-order valence-corrected chi connectivity index (χ4v) is 2.49. The van der Waals surface area contributed by atoms with Gasteiger partial charge in [0.1, 0.15) is 11.5 Å². The lowest BCUT2D eigenvalue weighted by atomic mass is 10.0. The number of azo groups is 1. The molecule has 0 aromatic heterocycles. The molecule has 0 N–H and O–H groups in total. The van der Waals surface area contributed by atoms with Gasteiger partial charge in [-0.3, -0.25) is 0 Å². The van der Waals surface area contributed by atoms with E-state index >= 15 is 0 Å². The highest BCUT2D eigenvalue weighted by atomic mass is 16.5. The van der Waals surface area contributed by atoms with Crippen molar-refractivity contribution < 1.29 is 9.47 Å². The SMILES string of the molecule is CCCCCCc1cc(OC)ccc1N=Nc1ccc(OC)cc1. The first-order valence-electron chi connectivity index (χ1n) is 8.49. The van der Waals surface area contributed by atoms with Gasteiger partial charge in [-0.05, 0) is 60.9 Å². The van der Waals surface area contributed by atoms with Crippen molar-refractivity contribution in [2.45, 2.75) is 39.0 Å². The van der Waals surface area contributed by atoms with Gasteiger partial charge in [0.2, 0.25) is 0 Å². The number of rotatable bonds is 9. The maximum atomic E-state index is 5.34. The maximum Gasteiger partial charge on any atom is 0.119 e. The van der Waals surface area contributed by atoms with Crippen LogP contribution in [0.1, 0.15) is 38.2 Å². The van der Waals surface area contributed by atoms with Crippen LogP contribution in [-0.4, -0.2) is 14.2 Å². The van der Waals surface area contributed by atoms with Gasteiger partial charge in [0.05, 0.1) is 25.6 Å². The van der Waals surface area contributed by atoms with Crippen molar-refractivity contribution in [3.05, 3.63) is 48.0 Å². The second-order valence-electron chi connectivity index (χ2n) is 5.70. The molecule has 2 aromatic carbocycles. The zero-order chi connectivity index (χ0) is 17.2. The average molecular weight is 326 g/mol. The van der Waals surface area contributed by atoms with Crippen LogP contribution in [0.25, 0.3) is 0 Å². The molecule has 24 heavy (non-hydrogen) atoms. The first kappa shape index (κ1) is 18.0. The molecule has 0 aliphatic heterocycles. The summed E-state index contributed by atoms with van der Waals surface area (Å²) in [5, 5.41) is 8.78. The van der Waals surface area contributed by atoms with Crippen LogP contribution in [-0.2, 0) is 6.42 Å². The predicted octanol–water partition coefficient (Wildman–Crippen LogP) is 6.24. The Balaban J connectivity index is 2.12. The first-order valence-corrected chi connectivity index (χ1v) is 8.49. The molecule has 0 radical (unpaired) electrons. The molecule has 0 amide bonds. The Labute approximate surface area is 144 Å². The maximum absolute atomic E-state index is 5.34. The molecule has 2 rings (SSSR count). The van der Waals surface area contributed by atoms with Crippen molar-refractivity contribution in [2.75, 3.05) is 14.2 Å². The third-order valence-corrected chi connectivity index (χ3v) is 3.93. The molecule has 4 nitrogen and oxygen atoms in total. The number of hydrogen-bond donors (Lipinski definition) is 0. The summed E-state index contributed by atoms with van der Waals surface area (Å²) in [4.78, 5) is 0. The molecule has 0 bridgehead atoms. The normalized spacial score (nSPS) is 11.0. The molecule has 0 aliphatic carbocycles. The summed E-state index contributed by atoms with van der Waals surface area (Å²) in [6, 6.07) is 13.5. The summed E-state index contributed by atoms with van der Waals surface area (Å²) in [5.74, 6) is 1.68. The van der Waals surface area contributed by atoms with Crippen molar-refractivity contribution in [3.8, 4) is 11.5 Å². The molecule has 0 saturated carbocycles. The molecule has 0 unspecified atom stereocenters. The fraction of sp³-hybridized carbons (Fsp3) is 0.400. The minimum Gasteiger partial charge on any atom is -0.497 e.